The zero-order valence-electron chi connectivity index (χ0n) is 29.8. The molecule has 8 aromatic carbocycles. The quantitative estimate of drug-likeness (QED) is 0.152. The number of rotatable bonds is 7. The molecule has 4 heteroatoms. The average molecular weight is 767 g/mol. The van der Waals surface area contributed by atoms with Crippen molar-refractivity contribution < 1.29 is 0 Å². The van der Waals surface area contributed by atoms with Gasteiger partial charge in [-0.2, -0.15) is 0 Å². The first-order valence-corrected chi connectivity index (χ1v) is 20.2. The summed E-state index contributed by atoms with van der Waals surface area (Å²) in [5, 5.41) is 16.7. The van der Waals surface area contributed by atoms with Gasteiger partial charge in [0, 0.05) is 0 Å². The molecule has 0 spiro atoms. The number of hydrogen-bond acceptors (Lipinski definition) is 3. The predicted molar refractivity (Wildman–Crippen MR) is 230 cm³/mol. The summed E-state index contributed by atoms with van der Waals surface area (Å²) in [6.45, 7) is 0. The van der Waals surface area contributed by atoms with Gasteiger partial charge in [0.2, 0.25) is 0 Å². The van der Waals surface area contributed by atoms with Crippen molar-refractivity contribution in [3.8, 4) is 78.1 Å². The third-order valence-electron chi connectivity index (χ3n) is 10.3. The van der Waals surface area contributed by atoms with Crippen LogP contribution in [0.5, 0.6) is 0 Å². The fraction of sp³-hybridized carbons (Fsp3) is 0. The summed E-state index contributed by atoms with van der Waals surface area (Å²) in [5.74, 6) is 0. The molecule has 55 heavy (non-hydrogen) atoms. The monoisotopic (exact) mass is 767 g/mol. The second-order valence-electron chi connectivity index (χ2n) is 13.5. The number of benzene rings is 8. The van der Waals surface area contributed by atoms with E-state index in [-0.39, 0.29) is 14.5 Å². The van der Waals surface area contributed by atoms with E-state index in [1.807, 2.05) is 18.2 Å². The zero-order valence-corrected chi connectivity index (χ0v) is 31.5. The number of aromatic nitrogens is 3. The predicted octanol–water partition coefficient (Wildman–Crippen LogP) is 12.9. The molecular weight excluding hydrogens is 734 g/mol. The number of nitrogens with zero attached hydrogens (tertiary/aromatic N) is 3. The zero-order chi connectivity index (χ0) is 36.6. The van der Waals surface area contributed by atoms with E-state index in [4.69, 9.17) is 10.2 Å². The Morgan fingerprint density at radius 1 is 0.309 bits per heavy atom. The molecule has 258 valence electrons. The fourth-order valence-corrected chi connectivity index (χ4v) is 10.7. The van der Waals surface area contributed by atoms with E-state index < -0.39 is 0 Å². The molecule has 0 amide bonds. The van der Waals surface area contributed by atoms with Crippen molar-refractivity contribution in [3.05, 3.63) is 200 Å². The van der Waals surface area contributed by atoms with Gasteiger partial charge in [-0.25, -0.2) is 0 Å². The maximum atomic E-state index is 4.93. The fourth-order valence-electron chi connectivity index (χ4n) is 7.99. The third kappa shape index (κ3) is 5.80. The van der Waals surface area contributed by atoms with Crippen molar-refractivity contribution in [1.82, 2.24) is 15.4 Å². The first kappa shape index (κ1) is 32.9. The summed E-state index contributed by atoms with van der Waals surface area (Å²) in [5.41, 5.74) is 15.3. The molecule has 2 heterocycles. The molecule has 3 nitrogen and oxygen atoms in total. The van der Waals surface area contributed by atoms with E-state index in [0.29, 0.717) is 0 Å². The summed E-state index contributed by atoms with van der Waals surface area (Å²) < 4.78 is 2.79. The van der Waals surface area contributed by atoms with E-state index in [0.717, 1.165) is 44.8 Å². The van der Waals surface area contributed by atoms with E-state index in [1.54, 1.807) is 0 Å². The van der Waals surface area contributed by atoms with Crippen molar-refractivity contribution in [2.75, 3.05) is 0 Å². The number of fused-ring (bicyclic) bond motifs is 3. The maximum absolute atomic E-state index is 4.93. The van der Waals surface area contributed by atoms with Gasteiger partial charge in [0.05, 0.1) is 0 Å². The van der Waals surface area contributed by atoms with Crippen molar-refractivity contribution >= 4 is 33.8 Å². The number of hydrogen-bond donors (Lipinski definition) is 0. The molecule has 10 aromatic rings. The summed E-state index contributed by atoms with van der Waals surface area (Å²) in [6, 6.07) is 71.4. The van der Waals surface area contributed by atoms with E-state index >= 15 is 0 Å². The standard InChI is InChI=1S/C51H33N3Se/c1-6-20-34(21-7-1)43-44(35-22-8-2-9-23-35)47(48-41-32-18-19-33-42(41)55-51(48)45(43)36-24-10-3-11-25-36)39-30-16-17-31-40(39)50-46(37-26-12-4-13-27-37)49(52-54-53-50)38-28-14-5-15-29-38/h1-33H. The van der Waals surface area contributed by atoms with Gasteiger partial charge in [0.25, 0.3) is 0 Å². The van der Waals surface area contributed by atoms with Crippen LogP contribution >= 0.6 is 0 Å². The first-order valence-electron chi connectivity index (χ1n) is 18.5. The molecule has 0 radical (unpaired) electrons. The molecule has 0 aliphatic carbocycles. The van der Waals surface area contributed by atoms with Crippen molar-refractivity contribution in [2.45, 2.75) is 0 Å². The van der Waals surface area contributed by atoms with Gasteiger partial charge in [0.1, 0.15) is 0 Å². The molecule has 0 bridgehead atoms. The van der Waals surface area contributed by atoms with Gasteiger partial charge < -0.3 is 0 Å². The average Bonchev–Trinajstić information content (AvgIpc) is 3.66. The Morgan fingerprint density at radius 3 is 1.31 bits per heavy atom. The Morgan fingerprint density at radius 2 is 0.727 bits per heavy atom. The van der Waals surface area contributed by atoms with Crippen LogP contribution in [0.15, 0.2) is 200 Å². The summed E-state index contributed by atoms with van der Waals surface area (Å²) >= 11 is 0.0612. The van der Waals surface area contributed by atoms with Crippen LogP contribution in [-0.2, 0) is 0 Å². The molecule has 0 atom stereocenters. The molecule has 0 aliphatic heterocycles. The van der Waals surface area contributed by atoms with Crippen molar-refractivity contribution in [3.63, 3.8) is 0 Å². The molecule has 2 aromatic heterocycles. The SMILES string of the molecule is c1ccc(-c2nnnc(-c3ccccc3-c3c(-c4ccccc4)c(-c4ccccc4)c(-c4ccccc4)c4[se]c5ccccc5c34)c2-c2ccccc2)cc1. The molecule has 0 aliphatic rings. The summed E-state index contributed by atoms with van der Waals surface area (Å²) in [6.07, 6.45) is 0. The van der Waals surface area contributed by atoms with E-state index in [1.165, 1.54) is 52.7 Å². The second kappa shape index (κ2) is 14.3. The molecule has 0 fully saturated rings. The van der Waals surface area contributed by atoms with Gasteiger partial charge >= 0.3 is 328 Å². The third-order valence-corrected chi connectivity index (χ3v) is 12.8. The Kier molecular flexibility index (Phi) is 8.53. The van der Waals surface area contributed by atoms with Crippen LogP contribution in [0.25, 0.3) is 97.4 Å². The first-order chi connectivity index (χ1) is 27.3. The van der Waals surface area contributed by atoms with Crippen LogP contribution in [0.3, 0.4) is 0 Å². The van der Waals surface area contributed by atoms with Gasteiger partial charge in [-0.05, 0) is 0 Å². The Bertz CT molecular complexity index is 2940. The molecular formula is C51H33N3Se. The summed E-state index contributed by atoms with van der Waals surface area (Å²) in [4.78, 5) is 0. The van der Waals surface area contributed by atoms with Gasteiger partial charge in [-0.1, -0.05) is 0 Å². The Hall–Kier alpha value is -6.71. The minimum absolute atomic E-state index is 0.0612. The molecule has 0 saturated heterocycles. The van der Waals surface area contributed by atoms with Crippen LogP contribution < -0.4 is 0 Å². The Labute approximate surface area is 326 Å². The summed E-state index contributed by atoms with van der Waals surface area (Å²) in [7, 11) is 0. The van der Waals surface area contributed by atoms with Gasteiger partial charge in [0.15, 0.2) is 0 Å². The minimum atomic E-state index is 0.0612. The molecule has 0 N–H and O–H groups in total. The normalized spacial score (nSPS) is 11.3. The molecule has 10 rings (SSSR count). The van der Waals surface area contributed by atoms with Crippen LogP contribution in [-0.4, -0.2) is 29.9 Å². The van der Waals surface area contributed by atoms with E-state index in [9.17, 15) is 0 Å². The van der Waals surface area contributed by atoms with E-state index in [2.05, 4.69) is 187 Å². The van der Waals surface area contributed by atoms with Crippen molar-refractivity contribution in [1.29, 1.82) is 0 Å². The molecule has 0 unspecified atom stereocenters. The van der Waals surface area contributed by atoms with Crippen LogP contribution in [0.2, 0.25) is 0 Å². The molecule has 0 saturated carbocycles. The van der Waals surface area contributed by atoms with Gasteiger partial charge in [-0.3, -0.25) is 0 Å². The van der Waals surface area contributed by atoms with Crippen molar-refractivity contribution in [2.24, 2.45) is 0 Å². The van der Waals surface area contributed by atoms with Crippen LogP contribution in [0.1, 0.15) is 0 Å². The second-order valence-corrected chi connectivity index (χ2v) is 15.7. The van der Waals surface area contributed by atoms with Crippen LogP contribution in [0.4, 0.5) is 0 Å². The topological polar surface area (TPSA) is 38.7 Å². The van der Waals surface area contributed by atoms with Gasteiger partial charge in [-0.15, -0.1) is 0 Å². The van der Waals surface area contributed by atoms with Crippen LogP contribution in [0, 0.1) is 0 Å². The Balaban J connectivity index is 1.41.